The Kier molecular flexibility index (Phi) is 6.06. The van der Waals surface area contributed by atoms with E-state index in [-0.39, 0.29) is 10.8 Å². The zero-order valence-electron chi connectivity index (χ0n) is 16.7. The van der Waals surface area contributed by atoms with Gasteiger partial charge in [-0.25, -0.2) is 4.98 Å². The third-order valence-electron chi connectivity index (χ3n) is 4.62. The van der Waals surface area contributed by atoms with Gasteiger partial charge in [0.2, 0.25) is 0 Å². The summed E-state index contributed by atoms with van der Waals surface area (Å²) in [7, 11) is 1.50. The number of fused-ring (bicyclic) bond motifs is 1. The number of thiocarbonyl (C=S) groups is 1. The molecule has 0 bridgehead atoms. The number of aromatic nitrogens is 1. The fraction of sp³-hybridized carbons (Fsp3) is 0.0455. The summed E-state index contributed by atoms with van der Waals surface area (Å²) in [4.78, 5) is 27.7. The molecule has 2 N–H and O–H groups in total. The number of carbonyl (C=O) groups is 1. The molecule has 4 rings (SSSR count). The zero-order chi connectivity index (χ0) is 22.7. The predicted octanol–water partition coefficient (Wildman–Crippen LogP) is 5.01. The summed E-state index contributed by atoms with van der Waals surface area (Å²) in [6.45, 7) is 0. The molecule has 0 fully saturated rings. The van der Waals surface area contributed by atoms with E-state index < -0.39 is 10.8 Å². The highest BCUT2D eigenvalue weighted by molar-refractivity contribution is 7.80. The number of rotatable bonds is 5. The van der Waals surface area contributed by atoms with Crippen molar-refractivity contribution in [2.24, 2.45) is 0 Å². The Bertz CT molecular complexity index is 1350. The molecule has 3 aromatic carbocycles. The number of benzene rings is 3. The van der Waals surface area contributed by atoms with Crippen LogP contribution in [0, 0.1) is 10.1 Å². The number of nitro groups is 1. The molecule has 0 atom stereocenters. The molecule has 0 aliphatic carbocycles. The Balaban J connectivity index is 1.48. The Morgan fingerprint density at radius 2 is 1.88 bits per heavy atom. The number of ether oxygens (including phenoxy) is 1. The monoisotopic (exact) mass is 464 g/mol. The molecule has 0 saturated carbocycles. The number of carbonyl (C=O) groups excluding carboxylic acids is 1. The van der Waals surface area contributed by atoms with E-state index in [0.717, 1.165) is 10.8 Å². The summed E-state index contributed by atoms with van der Waals surface area (Å²) in [5.74, 6) is 0.0202. The number of thiazole rings is 1. The molecule has 0 spiro atoms. The van der Waals surface area contributed by atoms with Gasteiger partial charge in [0, 0.05) is 23.1 Å². The molecule has 10 heteroatoms. The highest BCUT2D eigenvalue weighted by atomic mass is 32.1. The van der Waals surface area contributed by atoms with Gasteiger partial charge in [-0.15, -0.1) is 11.3 Å². The smallest absolute Gasteiger partial charge is 0.270 e. The van der Waals surface area contributed by atoms with Gasteiger partial charge in [-0.2, -0.15) is 0 Å². The minimum Gasteiger partial charge on any atom is -0.496 e. The number of anilines is 1. The average molecular weight is 465 g/mol. The van der Waals surface area contributed by atoms with Crippen LogP contribution in [-0.2, 0) is 0 Å². The second-order valence-electron chi connectivity index (χ2n) is 6.65. The lowest BCUT2D eigenvalue weighted by atomic mass is 10.1. The molecule has 0 aliphatic heterocycles. The van der Waals surface area contributed by atoms with Crippen molar-refractivity contribution in [2.75, 3.05) is 12.4 Å². The van der Waals surface area contributed by atoms with Crippen molar-refractivity contribution in [2.45, 2.75) is 0 Å². The number of non-ortho nitro benzene ring substituents is 1. The molecule has 0 unspecified atom stereocenters. The number of amides is 1. The van der Waals surface area contributed by atoms with Gasteiger partial charge < -0.3 is 10.1 Å². The normalized spacial score (nSPS) is 10.5. The maximum absolute atomic E-state index is 12.8. The number of nitrogens with zero attached hydrogens (tertiary/aromatic N) is 2. The number of nitrogens with one attached hydrogen (secondary N) is 2. The standard InChI is InChI=1S/C22H16N4O4S2/c1-30-19-11-14-6-3-2-5-13(14)10-17(19)20(27)24-21(31)25-22-23-18(12-32-22)15-7-4-8-16(9-15)26(28)29/h2-12H,1H3,(H2,23,24,25,27,31). The van der Waals surface area contributed by atoms with Crippen molar-refractivity contribution in [1.82, 2.24) is 10.3 Å². The van der Waals surface area contributed by atoms with Gasteiger partial charge in [0.05, 0.1) is 23.3 Å². The first-order chi connectivity index (χ1) is 15.4. The first-order valence-electron chi connectivity index (χ1n) is 9.34. The maximum atomic E-state index is 12.8. The molecule has 0 saturated heterocycles. The third-order valence-corrected chi connectivity index (χ3v) is 5.58. The topological polar surface area (TPSA) is 106 Å². The lowest BCUT2D eigenvalue weighted by molar-refractivity contribution is -0.384. The van der Waals surface area contributed by atoms with Crippen molar-refractivity contribution < 1.29 is 14.5 Å². The van der Waals surface area contributed by atoms with Crippen LogP contribution >= 0.6 is 23.6 Å². The van der Waals surface area contributed by atoms with E-state index in [1.165, 1.54) is 30.6 Å². The summed E-state index contributed by atoms with van der Waals surface area (Å²) < 4.78 is 5.37. The number of methoxy groups -OCH3 is 1. The lowest BCUT2D eigenvalue weighted by Crippen LogP contribution is -2.34. The van der Waals surface area contributed by atoms with Crippen LogP contribution < -0.4 is 15.4 Å². The van der Waals surface area contributed by atoms with Gasteiger partial charge in [-0.1, -0.05) is 36.4 Å². The predicted molar refractivity (Wildman–Crippen MR) is 128 cm³/mol. The van der Waals surface area contributed by atoms with Crippen molar-refractivity contribution in [1.29, 1.82) is 0 Å². The van der Waals surface area contributed by atoms with Gasteiger partial charge in [0.1, 0.15) is 5.75 Å². The number of nitro benzene ring substituents is 1. The van der Waals surface area contributed by atoms with Gasteiger partial charge in [-0.3, -0.25) is 20.2 Å². The Morgan fingerprint density at radius 3 is 2.59 bits per heavy atom. The molecule has 4 aromatic rings. The molecule has 1 aromatic heterocycles. The quantitative estimate of drug-likeness (QED) is 0.243. The van der Waals surface area contributed by atoms with Crippen LogP contribution in [0.4, 0.5) is 10.8 Å². The highest BCUT2D eigenvalue weighted by Crippen LogP contribution is 2.28. The van der Waals surface area contributed by atoms with Crippen LogP contribution in [0.5, 0.6) is 5.75 Å². The first-order valence-corrected chi connectivity index (χ1v) is 10.6. The van der Waals surface area contributed by atoms with Gasteiger partial charge in [0.15, 0.2) is 10.2 Å². The molecular formula is C22H16N4O4S2. The van der Waals surface area contributed by atoms with Crippen LogP contribution in [0.25, 0.3) is 22.0 Å². The molecular weight excluding hydrogens is 448 g/mol. The van der Waals surface area contributed by atoms with Gasteiger partial charge in [-0.05, 0) is 35.1 Å². The van der Waals surface area contributed by atoms with E-state index in [1.54, 1.807) is 29.6 Å². The molecule has 160 valence electrons. The van der Waals surface area contributed by atoms with Gasteiger partial charge in [0.25, 0.3) is 11.6 Å². The summed E-state index contributed by atoms with van der Waals surface area (Å²) >= 11 is 6.53. The van der Waals surface area contributed by atoms with Crippen molar-refractivity contribution in [3.8, 4) is 17.0 Å². The number of hydrogen-bond donors (Lipinski definition) is 2. The molecule has 1 amide bonds. The van der Waals surface area contributed by atoms with Crippen molar-refractivity contribution in [3.05, 3.63) is 81.7 Å². The third kappa shape index (κ3) is 4.56. The lowest BCUT2D eigenvalue weighted by Gasteiger charge is -2.12. The second-order valence-corrected chi connectivity index (χ2v) is 7.92. The van der Waals surface area contributed by atoms with Crippen LogP contribution in [0.15, 0.2) is 66.0 Å². The first kappa shape index (κ1) is 21.3. The molecule has 0 aliphatic rings. The van der Waals surface area contributed by atoms with E-state index in [0.29, 0.717) is 27.7 Å². The largest absolute Gasteiger partial charge is 0.496 e. The summed E-state index contributed by atoms with van der Waals surface area (Å²) in [6, 6.07) is 17.4. The molecule has 8 nitrogen and oxygen atoms in total. The van der Waals surface area contributed by atoms with Crippen LogP contribution in [0.2, 0.25) is 0 Å². The zero-order valence-corrected chi connectivity index (χ0v) is 18.3. The SMILES string of the molecule is COc1cc2ccccc2cc1C(=O)NC(=S)Nc1nc(-c2cccc([N+](=O)[O-])c2)cs1. The van der Waals surface area contributed by atoms with Crippen LogP contribution in [0.3, 0.4) is 0 Å². The average Bonchev–Trinajstić information content (AvgIpc) is 3.26. The molecule has 1 heterocycles. The van der Waals surface area contributed by atoms with E-state index in [2.05, 4.69) is 15.6 Å². The fourth-order valence-electron chi connectivity index (χ4n) is 3.11. The van der Waals surface area contributed by atoms with Crippen LogP contribution in [0.1, 0.15) is 10.4 Å². The highest BCUT2D eigenvalue weighted by Gasteiger charge is 2.16. The Morgan fingerprint density at radius 1 is 1.12 bits per heavy atom. The van der Waals surface area contributed by atoms with Crippen molar-refractivity contribution >= 4 is 56.2 Å². The molecule has 32 heavy (non-hydrogen) atoms. The Labute approximate surface area is 192 Å². The van der Waals surface area contributed by atoms with E-state index in [4.69, 9.17) is 17.0 Å². The van der Waals surface area contributed by atoms with Gasteiger partial charge >= 0.3 is 0 Å². The van der Waals surface area contributed by atoms with E-state index in [1.807, 2.05) is 24.3 Å². The summed E-state index contributed by atoms with van der Waals surface area (Å²) in [5.41, 5.74) is 1.51. The van der Waals surface area contributed by atoms with E-state index >= 15 is 0 Å². The van der Waals surface area contributed by atoms with E-state index in [9.17, 15) is 14.9 Å². The van der Waals surface area contributed by atoms with Crippen LogP contribution in [-0.4, -0.2) is 28.0 Å². The number of hydrogen-bond acceptors (Lipinski definition) is 7. The second kappa shape index (κ2) is 9.08. The van der Waals surface area contributed by atoms with Crippen molar-refractivity contribution in [3.63, 3.8) is 0 Å². The minimum absolute atomic E-state index is 0.0166. The summed E-state index contributed by atoms with van der Waals surface area (Å²) in [5, 5.41) is 20.6. The summed E-state index contributed by atoms with van der Waals surface area (Å²) in [6.07, 6.45) is 0. The molecule has 0 radical (unpaired) electrons. The minimum atomic E-state index is -0.458. The maximum Gasteiger partial charge on any atom is 0.270 e. The Hall–Kier alpha value is -3.89. The fourth-order valence-corrected chi connectivity index (χ4v) is 4.09.